The van der Waals surface area contributed by atoms with Crippen molar-refractivity contribution in [3.63, 3.8) is 0 Å². The van der Waals surface area contributed by atoms with Gasteiger partial charge in [0.05, 0.1) is 6.21 Å². The molecule has 2 heterocycles. The minimum absolute atomic E-state index is 0.409. The molecule has 0 fully saturated rings. The molecule has 0 unspecified atom stereocenters. The maximum Gasteiger partial charge on any atom is 0.137 e. The molecule has 2 aliphatic heterocycles. The number of nitrogens with one attached hydrogen (secondary N) is 1. The standard InChI is InChI=1S/C7H11N5/c1-6(2)11-4-7-3-8-5-9-12(7)10-11/h3-6,10H,1-2H3. The highest BCUT2D eigenvalue weighted by atomic mass is 15.9. The van der Waals surface area contributed by atoms with Crippen LogP contribution in [-0.2, 0) is 0 Å². The maximum absolute atomic E-state index is 4.01. The van der Waals surface area contributed by atoms with Crippen LogP contribution in [0.1, 0.15) is 13.8 Å². The van der Waals surface area contributed by atoms with Crippen LogP contribution in [-0.4, -0.2) is 28.7 Å². The molecule has 2 rings (SSSR count). The van der Waals surface area contributed by atoms with Crippen LogP contribution in [0.4, 0.5) is 0 Å². The van der Waals surface area contributed by atoms with E-state index in [0.29, 0.717) is 6.04 Å². The molecule has 0 atom stereocenters. The van der Waals surface area contributed by atoms with Gasteiger partial charge in [-0.3, -0.25) is 5.01 Å². The minimum atomic E-state index is 0.409. The number of rotatable bonds is 1. The zero-order valence-electron chi connectivity index (χ0n) is 7.10. The molecule has 0 radical (unpaired) electrons. The van der Waals surface area contributed by atoms with E-state index in [1.54, 1.807) is 11.3 Å². The molecule has 0 spiro atoms. The number of hydrazone groups is 1. The van der Waals surface area contributed by atoms with Crippen LogP contribution in [0.15, 0.2) is 22.0 Å². The van der Waals surface area contributed by atoms with Gasteiger partial charge in [-0.15, -0.1) is 10.6 Å². The predicted octanol–water partition coefficient (Wildman–Crippen LogP) is 0.301. The summed E-state index contributed by atoms with van der Waals surface area (Å²) in [6.07, 6.45) is 5.25. The van der Waals surface area contributed by atoms with Crippen molar-refractivity contribution in [1.29, 1.82) is 0 Å². The molecule has 12 heavy (non-hydrogen) atoms. The minimum Gasteiger partial charge on any atom is -0.292 e. The summed E-state index contributed by atoms with van der Waals surface area (Å²) in [6.45, 7) is 4.20. The molecular weight excluding hydrogens is 154 g/mol. The first-order valence-electron chi connectivity index (χ1n) is 3.89. The fraction of sp³-hybridized carbons (Fsp3) is 0.429. The van der Waals surface area contributed by atoms with E-state index in [1.807, 2.05) is 11.2 Å². The number of fused-ring (bicyclic) bond motifs is 1. The van der Waals surface area contributed by atoms with Gasteiger partial charge in [0.25, 0.3) is 0 Å². The van der Waals surface area contributed by atoms with Crippen LogP contribution in [0.5, 0.6) is 0 Å². The van der Waals surface area contributed by atoms with Crippen molar-refractivity contribution in [2.24, 2.45) is 10.1 Å². The van der Waals surface area contributed by atoms with E-state index in [1.165, 1.54) is 6.34 Å². The summed E-state index contributed by atoms with van der Waals surface area (Å²) in [6, 6.07) is 0.409. The molecule has 0 bridgehead atoms. The Kier molecular flexibility index (Phi) is 1.58. The van der Waals surface area contributed by atoms with E-state index >= 15 is 0 Å². The van der Waals surface area contributed by atoms with Crippen LogP contribution in [0, 0.1) is 0 Å². The molecule has 0 aromatic carbocycles. The van der Waals surface area contributed by atoms with Crippen molar-refractivity contribution in [2.45, 2.75) is 19.9 Å². The normalized spacial score (nSPS) is 20.4. The van der Waals surface area contributed by atoms with E-state index in [4.69, 9.17) is 0 Å². The highest BCUT2D eigenvalue weighted by molar-refractivity contribution is 5.86. The van der Waals surface area contributed by atoms with Gasteiger partial charge in [-0.1, -0.05) is 0 Å². The lowest BCUT2D eigenvalue weighted by Crippen LogP contribution is -2.41. The maximum atomic E-state index is 4.01. The second-order valence-corrected chi connectivity index (χ2v) is 2.98. The second-order valence-electron chi connectivity index (χ2n) is 2.98. The van der Waals surface area contributed by atoms with Crippen molar-refractivity contribution in [3.8, 4) is 0 Å². The number of hydrogen-bond acceptors (Lipinski definition) is 5. The lowest BCUT2D eigenvalue weighted by atomic mass is 10.4. The second kappa shape index (κ2) is 2.60. The summed E-state index contributed by atoms with van der Waals surface area (Å²) >= 11 is 0. The van der Waals surface area contributed by atoms with Crippen molar-refractivity contribution < 1.29 is 0 Å². The SMILES string of the molecule is CC(C)N1C=C2C=NC=NN2N1. The van der Waals surface area contributed by atoms with E-state index < -0.39 is 0 Å². The quantitative estimate of drug-likeness (QED) is 0.607. The highest BCUT2D eigenvalue weighted by Crippen LogP contribution is 2.13. The third kappa shape index (κ3) is 1.08. The smallest absolute Gasteiger partial charge is 0.137 e. The monoisotopic (exact) mass is 165 g/mol. The summed E-state index contributed by atoms with van der Waals surface area (Å²) in [5.41, 5.74) is 4.04. The van der Waals surface area contributed by atoms with E-state index in [9.17, 15) is 0 Å². The fourth-order valence-electron chi connectivity index (χ4n) is 1.03. The Morgan fingerprint density at radius 3 is 3.00 bits per heavy atom. The number of hydrogen-bond donors (Lipinski definition) is 1. The first kappa shape index (κ1) is 7.30. The van der Waals surface area contributed by atoms with Crippen LogP contribution >= 0.6 is 0 Å². The molecule has 64 valence electrons. The fourth-order valence-corrected chi connectivity index (χ4v) is 1.03. The summed E-state index contributed by atoms with van der Waals surface area (Å²) in [7, 11) is 0. The van der Waals surface area contributed by atoms with Crippen molar-refractivity contribution in [3.05, 3.63) is 11.9 Å². The lowest BCUT2D eigenvalue weighted by Gasteiger charge is -2.22. The molecule has 0 saturated carbocycles. The molecule has 0 aromatic heterocycles. The van der Waals surface area contributed by atoms with Crippen molar-refractivity contribution in [2.75, 3.05) is 0 Å². The van der Waals surface area contributed by atoms with Crippen molar-refractivity contribution in [1.82, 2.24) is 15.7 Å². The van der Waals surface area contributed by atoms with E-state index in [-0.39, 0.29) is 0 Å². The number of allylic oxidation sites excluding steroid dienone is 1. The van der Waals surface area contributed by atoms with Gasteiger partial charge >= 0.3 is 0 Å². The van der Waals surface area contributed by atoms with Crippen LogP contribution in [0.2, 0.25) is 0 Å². The molecular formula is C7H11N5. The molecule has 5 nitrogen and oxygen atoms in total. The van der Waals surface area contributed by atoms with Gasteiger partial charge < -0.3 is 0 Å². The Morgan fingerprint density at radius 2 is 2.33 bits per heavy atom. The van der Waals surface area contributed by atoms with Crippen molar-refractivity contribution >= 4 is 12.6 Å². The highest BCUT2D eigenvalue weighted by Gasteiger charge is 2.21. The van der Waals surface area contributed by atoms with Gasteiger partial charge in [-0.2, -0.15) is 5.12 Å². The predicted molar refractivity (Wildman–Crippen MR) is 47.0 cm³/mol. The average Bonchev–Trinajstić information content (AvgIpc) is 2.46. The van der Waals surface area contributed by atoms with Gasteiger partial charge in [0.15, 0.2) is 0 Å². The van der Waals surface area contributed by atoms with Gasteiger partial charge in [0.2, 0.25) is 0 Å². The Labute approximate surface area is 71.0 Å². The number of aliphatic imine (C=N–C) groups is 1. The third-order valence-corrected chi connectivity index (χ3v) is 1.72. The van der Waals surface area contributed by atoms with E-state index in [0.717, 1.165) is 5.70 Å². The molecule has 1 N–H and O–H groups in total. The number of nitrogens with zero attached hydrogens (tertiary/aromatic N) is 4. The van der Waals surface area contributed by atoms with Gasteiger partial charge in [-0.05, 0) is 13.8 Å². The largest absolute Gasteiger partial charge is 0.292 e. The Bertz CT molecular complexity index is 265. The first-order valence-corrected chi connectivity index (χ1v) is 3.89. The average molecular weight is 165 g/mol. The number of hydrazine groups is 2. The molecule has 0 aliphatic carbocycles. The lowest BCUT2D eigenvalue weighted by molar-refractivity contribution is 0.111. The van der Waals surface area contributed by atoms with Crippen LogP contribution in [0.25, 0.3) is 0 Å². The first-order chi connectivity index (χ1) is 5.77. The van der Waals surface area contributed by atoms with Crippen LogP contribution in [0.3, 0.4) is 0 Å². The zero-order chi connectivity index (χ0) is 8.55. The van der Waals surface area contributed by atoms with Gasteiger partial charge in [0.1, 0.15) is 12.0 Å². The molecule has 0 saturated heterocycles. The summed E-state index contributed by atoms with van der Waals surface area (Å²) in [5.74, 6) is 0. The Morgan fingerprint density at radius 1 is 1.50 bits per heavy atom. The molecule has 5 heteroatoms. The summed E-state index contributed by atoms with van der Waals surface area (Å²) in [5, 5.41) is 7.68. The summed E-state index contributed by atoms with van der Waals surface area (Å²) in [4.78, 5) is 3.92. The third-order valence-electron chi connectivity index (χ3n) is 1.72. The van der Waals surface area contributed by atoms with E-state index in [2.05, 4.69) is 29.5 Å². The Hall–Kier alpha value is -1.36. The molecule has 0 amide bonds. The molecule has 2 aliphatic rings. The summed E-state index contributed by atoms with van der Waals surface area (Å²) < 4.78 is 0. The van der Waals surface area contributed by atoms with Crippen LogP contribution < -0.4 is 5.53 Å². The molecule has 0 aromatic rings. The van der Waals surface area contributed by atoms with Gasteiger partial charge in [-0.25, -0.2) is 4.99 Å². The topological polar surface area (TPSA) is 43.2 Å². The van der Waals surface area contributed by atoms with Gasteiger partial charge in [0, 0.05) is 12.2 Å². The zero-order valence-corrected chi connectivity index (χ0v) is 7.10. The Balaban J connectivity index is 2.17.